The lowest BCUT2D eigenvalue weighted by Gasteiger charge is -2.17. The maximum atomic E-state index is 12.2. The summed E-state index contributed by atoms with van der Waals surface area (Å²) < 4.78 is 0. The molecule has 2 fully saturated rings. The Hall–Kier alpha value is -1.92. The van der Waals surface area contributed by atoms with Gasteiger partial charge < -0.3 is 10.4 Å². The van der Waals surface area contributed by atoms with Crippen LogP contribution in [-0.2, 0) is 9.59 Å². The predicted molar refractivity (Wildman–Crippen MR) is 76.1 cm³/mol. The van der Waals surface area contributed by atoms with E-state index in [0.717, 1.165) is 0 Å². The molecule has 1 heterocycles. The van der Waals surface area contributed by atoms with Gasteiger partial charge in [0.2, 0.25) is 5.91 Å². The lowest BCUT2D eigenvalue weighted by Crippen LogP contribution is -2.46. The topological polar surface area (TPSA) is 90.5 Å². The molecule has 4 N–H and O–H groups in total. The highest BCUT2D eigenvalue weighted by molar-refractivity contribution is 5.87. The molecule has 1 aromatic rings. The number of hydrogen-bond acceptors (Lipinski definition) is 4. The van der Waals surface area contributed by atoms with Crippen LogP contribution in [0.1, 0.15) is 30.9 Å². The van der Waals surface area contributed by atoms with Gasteiger partial charge in [0.05, 0.1) is 0 Å². The first kappa shape index (κ1) is 14.0. The number of carboxylic acid groups (broad SMARTS) is 1. The maximum Gasteiger partial charge on any atom is 0.330 e. The largest absolute Gasteiger partial charge is 0.479 e. The number of benzene rings is 1. The lowest BCUT2D eigenvalue weighted by molar-refractivity contribution is -0.142. The number of hydrogen-bond donors (Lipinski definition) is 4. The van der Waals surface area contributed by atoms with E-state index in [1.807, 2.05) is 6.07 Å². The minimum atomic E-state index is -1.06. The second-order valence-corrected chi connectivity index (χ2v) is 5.71. The van der Waals surface area contributed by atoms with Crippen LogP contribution in [0, 0.1) is 5.92 Å². The van der Waals surface area contributed by atoms with E-state index in [9.17, 15) is 14.7 Å². The van der Waals surface area contributed by atoms with Crippen LogP contribution >= 0.6 is 0 Å². The summed E-state index contributed by atoms with van der Waals surface area (Å²) >= 11 is 0. The smallest absolute Gasteiger partial charge is 0.330 e. The highest BCUT2D eigenvalue weighted by Gasteiger charge is 2.39. The fourth-order valence-electron chi connectivity index (χ4n) is 2.74. The molecule has 1 aliphatic heterocycles. The van der Waals surface area contributed by atoms with Gasteiger partial charge in [-0.25, -0.2) is 10.2 Å². The van der Waals surface area contributed by atoms with Gasteiger partial charge in [-0.05, 0) is 30.7 Å². The molecule has 0 bridgehead atoms. The Balaban J connectivity index is 1.63. The first-order valence-electron chi connectivity index (χ1n) is 7.24. The van der Waals surface area contributed by atoms with Crippen LogP contribution in [0.3, 0.4) is 0 Å². The molecule has 0 spiro atoms. The van der Waals surface area contributed by atoms with Gasteiger partial charge in [-0.1, -0.05) is 30.3 Å². The van der Waals surface area contributed by atoms with E-state index in [1.54, 1.807) is 24.3 Å². The molecule has 112 valence electrons. The van der Waals surface area contributed by atoms with Crippen LogP contribution in [0.25, 0.3) is 0 Å². The highest BCUT2D eigenvalue weighted by Crippen LogP contribution is 2.35. The van der Waals surface area contributed by atoms with E-state index >= 15 is 0 Å². The molecule has 2 unspecified atom stereocenters. The zero-order valence-electron chi connectivity index (χ0n) is 11.6. The average Bonchev–Trinajstić information content (AvgIpc) is 3.22. The molecule has 6 nitrogen and oxygen atoms in total. The van der Waals surface area contributed by atoms with Crippen LogP contribution in [0.5, 0.6) is 0 Å². The third-order valence-corrected chi connectivity index (χ3v) is 4.11. The van der Waals surface area contributed by atoms with Gasteiger partial charge >= 0.3 is 5.97 Å². The summed E-state index contributed by atoms with van der Waals surface area (Å²) in [6.45, 7) is 0. The molecule has 21 heavy (non-hydrogen) atoms. The van der Waals surface area contributed by atoms with Crippen LogP contribution in [0.4, 0.5) is 0 Å². The molecular formula is C15H19N3O3. The van der Waals surface area contributed by atoms with Gasteiger partial charge in [-0.15, -0.1) is 0 Å². The Morgan fingerprint density at radius 1 is 1.19 bits per heavy atom. The Bertz CT molecular complexity index is 530. The third-order valence-electron chi connectivity index (χ3n) is 4.11. The summed E-state index contributed by atoms with van der Waals surface area (Å²) in [6, 6.07) is 7.67. The maximum absolute atomic E-state index is 12.2. The molecular weight excluding hydrogens is 270 g/mol. The lowest BCUT2D eigenvalue weighted by atomic mass is 10.0. The van der Waals surface area contributed by atoms with E-state index in [4.69, 9.17) is 0 Å². The normalized spacial score (nSPS) is 26.3. The summed E-state index contributed by atoms with van der Waals surface area (Å²) in [5.74, 6) is -0.680. The van der Waals surface area contributed by atoms with E-state index in [-0.39, 0.29) is 11.9 Å². The molecule has 0 radical (unpaired) electrons. The van der Waals surface area contributed by atoms with Crippen molar-refractivity contribution in [2.75, 3.05) is 0 Å². The number of aliphatic carboxylic acids is 1. The van der Waals surface area contributed by atoms with Gasteiger partial charge in [-0.2, -0.15) is 0 Å². The van der Waals surface area contributed by atoms with Gasteiger partial charge in [0.25, 0.3) is 0 Å². The van der Waals surface area contributed by atoms with Gasteiger partial charge in [0.15, 0.2) is 6.04 Å². The summed E-state index contributed by atoms with van der Waals surface area (Å²) in [5.41, 5.74) is 6.67. The fourth-order valence-corrected chi connectivity index (χ4v) is 2.74. The van der Waals surface area contributed by atoms with Crippen molar-refractivity contribution in [2.24, 2.45) is 5.92 Å². The zero-order valence-corrected chi connectivity index (χ0v) is 11.6. The molecule has 2 aliphatic rings. The summed E-state index contributed by atoms with van der Waals surface area (Å²) in [6.07, 6.45) is 3.11. The second-order valence-electron chi connectivity index (χ2n) is 5.71. The summed E-state index contributed by atoms with van der Waals surface area (Å²) in [5, 5.41) is 11.9. The average molecular weight is 289 g/mol. The third kappa shape index (κ3) is 3.22. The van der Waals surface area contributed by atoms with Crippen LogP contribution in [-0.4, -0.2) is 29.1 Å². The zero-order chi connectivity index (χ0) is 14.8. The molecule has 1 amide bonds. The molecule has 6 heteroatoms. The Kier molecular flexibility index (Phi) is 3.90. The van der Waals surface area contributed by atoms with Gasteiger partial charge in [0, 0.05) is 6.04 Å². The van der Waals surface area contributed by atoms with E-state index in [1.165, 1.54) is 12.8 Å². The summed E-state index contributed by atoms with van der Waals surface area (Å²) in [4.78, 5) is 23.6. The minimum Gasteiger partial charge on any atom is -0.479 e. The number of carbonyl (C=O) groups excluding carboxylic acids is 1. The van der Waals surface area contributed by atoms with E-state index in [0.29, 0.717) is 23.9 Å². The van der Waals surface area contributed by atoms with Crippen molar-refractivity contribution in [3.8, 4) is 0 Å². The second kappa shape index (κ2) is 5.83. The molecule has 3 atom stereocenters. The number of carbonyl (C=O) groups is 2. The van der Waals surface area contributed by atoms with Crippen LogP contribution in [0.2, 0.25) is 0 Å². The molecule has 0 aromatic heterocycles. The first-order chi connectivity index (χ1) is 10.1. The number of carboxylic acids is 1. The minimum absolute atomic E-state index is 0.276. The predicted octanol–water partition coefficient (Wildman–Crippen LogP) is 0.574. The number of amides is 1. The Labute approximate surface area is 122 Å². The molecule has 3 rings (SSSR count). The first-order valence-corrected chi connectivity index (χ1v) is 7.24. The van der Waals surface area contributed by atoms with Crippen molar-refractivity contribution in [1.29, 1.82) is 0 Å². The number of hydrazine groups is 1. The quantitative estimate of drug-likeness (QED) is 0.636. The van der Waals surface area contributed by atoms with Crippen LogP contribution in [0.15, 0.2) is 30.3 Å². The van der Waals surface area contributed by atoms with Crippen molar-refractivity contribution >= 4 is 11.9 Å². The molecule has 1 saturated heterocycles. The fraction of sp³-hybridized carbons (Fsp3) is 0.467. The molecule has 1 aliphatic carbocycles. The SMILES string of the molecule is O=C(N[C@H](C(=O)O)c1ccccc1)C1CC(C2CC2)NN1. The number of nitrogens with one attached hydrogen (secondary N) is 3. The summed E-state index contributed by atoms with van der Waals surface area (Å²) in [7, 11) is 0. The Morgan fingerprint density at radius 2 is 1.90 bits per heavy atom. The van der Waals surface area contributed by atoms with Crippen molar-refractivity contribution in [3.63, 3.8) is 0 Å². The van der Waals surface area contributed by atoms with Gasteiger partial charge in [0.1, 0.15) is 6.04 Å². The van der Waals surface area contributed by atoms with Crippen LogP contribution < -0.4 is 16.2 Å². The molecule has 1 aromatic carbocycles. The van der Waals surface area contributed by atoms with Gasteiger partial charge in [-0.3, -0.25) is 10.2 Å². The van der Waals surface area contributed by atoms with Crippen molar-refractivity contribution in [2.45, 2.75) is 37.4 Å². The van der Waals surface area contributed by atoms with E-state index < -0.39 is 12.0 Å². The van der Waals surface area contributed by atoms with Crippen molar-refractivity contribution in [1.82, 2.24) is 16.2 Å². The standard InChI is InChI=1S/C15H19N3O3/c19-14(12-8-11(17-18-12)9-6-7-9)16-13(15(20)21)10-4-2-1-3-5-10/h1-5,9,11-13,17-18H,6-8H2,(H,16,19)(H,20,21)/t11?,12?,13-/m0/s1. The Morgan fingerprint density at radius 3 is 2.52 bits per heavy atom. The monoisotopic (exact) mass is 289 g/mol. The van der Waals surface area contributed by atoms with E-state index in [2.05, 4.69) is 16.2 Å². The highest BCUT2D eigenvalue weighted by atomic mass is 16.4. The van der Waals surface area contributed by atoms with Crippen molar-refractivity contribution in [3.05, 3.63) is 35.9 Å². The number of rotatable bonds is 5. The van der Waals surface area contributed by atoms with Crippen molar-refractivity contribution < 1.29 is 14.7 Å². The molecule has 1 saturated carbocycles.